The molecule has 1 aromatic carbocycles. The lowest BCUT2D eigenvalue weighted by atomic mass is 9.91. The molecule has 5 heteroatoms. The Kier molecular flexibility index (Phi) is 4.90. The monoisotopic (exact) mass is 256 g/mol. The lowest BCUT2D eigenvalue weighted by Crippen LogP contribution is -2.27. The van der Waals surface area contributed by atoms with E-state index in [0.717, 1.165) is 6.42 Å². The van der Waals surface area contributed by atoms with Crippen molar-refractivity contribution in [1.82, 2.24) is 0 Å². The summed E-state index contributed by atoms with van der Waals surface area (Å²) in [6.45, 7) is 3.96. The fourth-order valence-electron chi connectivity index (χ4n) is 1.86. The first-order valence-electron chi connectivity index (χ1n) is 5.64. The lowest BCUT2D eigenvalue weighted by Gasteiger charge is -2.18. The molecular weight excluding hydrogens is 240 g/mol. The zero-order valence-electron chi connectivity index (χ0n) is 10.0. The van der Waals surface area contributed by atoms with Crippen LogP contribution in [-0.4, -0.2) is 11.0 Å². The molecule has 0 bridgehead atoms. The second kappa shape index (κ2) is 5.98. The minimum Gasteiger partial charge on any atom is -0.328 e. The second-order valence-electron chi connectivity index (χ2n) is 4.26. The maximum Gasteiger partial charge on any atom is 0.274 e. The van der Waals surface area contributed by atoms with Gasteiger partial charge in [-0.25, -0.2) is 0 Å². The van der Waals surface area contributed by atoms with Crippen LogP contribution in [0, 0.1) is 16.0 Å². The van der Waals surface area contributed by atoms with E-state index in [4.69, 9.17) is 17.3 Å². The smallest absolute Gasteiger partial charge is 0.274 e. The Morgan fingerprint density at radius 2 is 2.18 bits per heavy atom. The summed E-state index contributed by atoms with van der Waals surface area (Å²) in [5.41, 5.74) is 6.63. The molecule has 0 fully saturated rings. The number of nitrogens with zero attached hydrogens (tertiary/aromatic N) is 1. The molecule has 0 aliphatic carbocycles. The highest BCUT2D eigenvalue weighted by molar-refractivity contribution is 6.30. The van der Waals surface area contributed by atoms with Crippen molar-refractivity contribution in [2.24, 2.45) is 11.7 Å². The third kappa shape index (κ3) is 3.68. The average molecular weight is 257 g/mol. The number of benzene rings is 1. The highest BCUT2D eigenvalue weighted by Crippen LogP contribution is 2.26. The number of hydrogen-bond acceptors (Lipinski definition) is 3. The number of hydrogen-bond donors (Lipinski definition) is 1. The Morgan fingerprint density at radius 3 is 2.65 bits per heavy atom. The van der Waals surface area contributed by atoms with Crippen molar-refractivity contribution >= 4 is 17.3 Å². The van der Waals surface area contributed by atoms with Gasteiger partial charge < -0.3 is 5.73 Å². The normalized spacial score (nSPS) is 14.4. The summed E-state index contributed by atoms with van der Waals surface area (Å²) in [5, 5.41) is 11.3. The van der Waals surface area contributed by atoms with Crippen LogP contribution in [0.15, 0.2) is 18.2 Å². The molecule has 17 heavy (non-hydrogen) atoms. The molecule has 0 saturated carbocycles. The topological polar surface area (TPSA) is 69.2 Å². The van der Waals surface area contributed by atoms with E-state index >= 15 is 0 Å². The van der Waals surface area contributed by atoms with Gasteiger partial charge in [0.1, 0.15) is 0 Å². The Balaban J connectivity index is 3.01. The van der Waals surface area contributed by atoms with Gasteiger partial charge in [-0.05, 0) is 25.3 Å². The molecule has 2 N–H and O–H groups in total. The molecule has 0 spiro atoms. The highest BCUT2D eigenvalue weighted by Gasteiger charge is 2.19. The molecule has 2 unspecified atom stereocenters. The quantitative estimate of drug-likeness (QED) is 0.650. The summed E-state index contributed by atoms with van der Waals surface area (Å²) in [5.74, 6) is 0.245. The van der Waals surface area contributed by atoms with E-state index in [1.165, 1.54) is 6.07 Å². The summed E-state index contributed by atoms with van der Waals surface area (Å²) >= 11 is 5.76. The number of rotatable bonds is 5. The van der Waals surface area contributed by atoms with Crippen LogP contribution in [0.2, 0.25) is 5.02 Å². The van der Waals surface area contributed by atoms with Gasteiger partial charge >= 0.3 is 0 Å². The standard InChI is InChI=1S/C12H17ClN2O2/c1-3-9(8(2)14)6-10-4-5-11(13)7-12(10)15(16)17/h4-5,7-9H,3,6,14H2,1-2H3. The molecule has 4 nitrogen and oxygen atoms in total. The van der Waals surface area contributed by atoms with Crippen LogP contribution in [0.25, 0.3) is 0 Å². The molecule has 0 heterocycles. The molecule has 0 saturated heterocycles. The van der Waals surface area contributed by atoms with Gasteiger partial charge in [-0.3, -0.25) is 10.1 Å². The van der Waals surface area contributed by atoms with Gasteiger partial charge in [0, 0.05) is 22.7 Å². The molecule has 2 atom stereocenters. The van der Waals surface area contributed by atoms with E-state index in [9.17, 15) is 10.1 Å². The Hall–Kier alpha value is -1.13. The summed E-state index contributed by atoms with van der Waals surface area (Å²) in [6.07, 6.45) is 1.51. The largest absolute Gasteiger partial charge is 0.328 e. The molecule has 0 aliphatic rings. The van der Waals surface area contributed by atoms with E-state index in [1.807, 2.05) is 13.8 Å². The fourth-order valence-corrected chi connectivity index (χ4v) is 2.03. The summed E-state index contributed by atoms with van der Waals surface area (Å²) in [4.78, 5) is 10.5. The van der Waals surface area contributed by atoms with Gasteiger partial charge in [-0.1, -0.05) is 31.0 Å². The first-order chi connectivity index (χ1) is 7.95. The van der Waals surface area contributed by atoms with Gasteiger partial charge in [0.2, 0.25) is 0 Å². The van der Waals surface area contributed by atoms with Crippen molar-refractivity contribution in [2.75, 3.05) is 0 Å². The molecule has 0 amide bonds. The Morgan fingerprint density at radius 1 is 1.53 bits per heavy atom. The van der Waals surface area contributed by atoms with Gasteiger partial charge in [0.05, 0.1) is 4.92 Å². The Bertz CT molecular complexity index is 407. The van der Waals surface area contributed by atoms with Crippen LogP contribution >= 0.6 is 11.6 Å². The van der Waals surface area contributed by atoms with Gasteiger partial charge in [0.15, 0.2) is 0 Å². The van der Waals surface area contributed by atoms with Crippen molar-refractivity contribution in [3.63, 3.8) is 0 Å². The van der Waals surface area contributed by atoms with Crippen LogP contribution < -0.4 is 5.73 Å². The first kappa shape index (κ1) is 13.9. The molecule has 0 radical (unpaired) electrons. The van der Waals surface area contributed by atoms with Gasteiger partial charge in [-0.2, -0.15) is 0 Å². The molecule has 1 rings (SSSR count). The van der Waals surface area contributed by atoms with Crippen molar-refractivity contribution < 1.29 is 4.92 Å². The van der Waals surface area contributed by atoms with Crippen molar-refractivity contribution in [3.8, 4) is 0 Å². The highest BCUT2D eigenvalue weighted by atomic mass is 35.5. The average Bonchev–Trinajstić information content (AvgIpc) is 2.26. The maximum atomic E-state index is 10.9. The number of nitro benzene ring substituents is 1. The van der Waals surface area contributed by atoms with E-state index in [2.05, 4.69) is 0 Å². The molecule has 0 aliphatic heterocycles. The fraction of sp³-hybridized carbons (Fsp3) is 0.500. The van der Waals surface area contributed by atoms with Crippen LogP contribution in [0.4, 0.5) is 5.69 Å². The summed E-state index contributed by atoms with van der Waals surface area (Å²) in [6, 6.07) is 4.81. The lowest BCUT2D eigenvalue weighted by molar-refractivity contribution is -0.385. The van der Waals surface area contributed by atoms with Crippen LogP contribution in [0.3, 0.4) is 0 Å². The SMILES string of the molecule is CCC(Cc1ccc(Cl)cc1[N+](=O)[O-])C(C)N. The number of nitro groups is 1. The van der Waals surface area contributed by atoms with E-state index in [0.29, 0.717) is 17.0 Å². The predicted molar refractivity (Wildman–Crippen MR) is 69.2 cm³/mol. The molecular formula is C12H17ClN2O2. The van der Waals surface area contributed by atoms with E-state index in [-0.39, 0.29) is 17.6 Å². The maximum absolute atomic E-state index is 10.9. The van der Waals surface area contributed by atoms with Gasteiger partial charge in [0.25, 0.3) is 5.69 Å². The van der Waals surface area contributed by atoms with Crippen molar-refractivity contribution in [2.45, 2.75) is 32.7 Å². The minimum absolute atomic E-state index is 0.0234. The van der Waals surface area contributed by atoms with E-state index < -0.39 is 4.92 Å². The zero-order valence-corrected chi connectivity index (χ0v) is 10.8. The predicted octanol–water partition coefficient (Wildman–Crippen LogP) is 3.16. The van der Waals surface area contributed by atoms with Crippen LogP contribution in [-0.2, 0) is 6.42 Å². The van der Waals surface area contributed by atoms with E-state index in [1.54, 1.807) is 12.1 Å². The summed E-state index contributed by atoms with van der Waals surface area (Å²) in [7, 11) is 0. The third-order valence-electron chi connectivity index (χ3n) is 2.99. The van der Waals surface area contributed by atoms with Gasteiger partial charge in [-0.15, -0.1) is 0 Å². The molecule has 94 valence electrons. The minimum atomic E-state index is -0.394. The first-order valence-corrected chi connectivity index (χ1v) is 6.01. The molecule has 0 aromatic heterocycles. The summed E-state index contributed by atoms with van der Waals surface area (Å²) < 4.78 is 0. The number of nitrogens with two attached hydrogens (primary N) is 1. The van der Waals surface area contributed by atoms with Crippen LogP contribution in [0.5, 0.6) is 0 Å². The third-order valence-corrected chi connectivity index (χ3v) is 3.23. The Labute approximate surface area is 106 Å². The zero-order chi connectivity index (χ0) is 13.0. The second-order valence-corrected chi connectivity index (χ2v) is 4.70. The van der Waals surface area contributed by atoms with Crippen molar-refractivity contribution in [3.05, 3.63) is 38.9 Å². The van der Waals surface area contributed by atoms with Crippen LogP contribution in [0.1, 0.15) is 25.8 Å². The molecule has 1 aromatic rings. The van der Waals surface area contributed by atoms with Crippen molar-refractivity contribution in [1.29, 1.82) is 0 Å². The number of halogens is 1.